The molecule has 0 radical (unpaired) electrons. The third-order valence-corrected chi connectivity index (χ3v) is 5.24. The van der Waals surface area contributed by atoms with Crippen LogP contribution < -0.4 is 10.2 Å². The molecule has 2 aromatic rings. The van der Waals surface area contributed by atoms with E-state index in [1.54, 1.807) is 0 Å². The van der Waals surface area contributed by atoms with Crippen molar-refractivity contribution in [2.24, 2.45) is 5.92 Å². The Bertz CT molecular complexity index is 689. The zero-order valence-electron chi connectivity index (χ0n) is 16.3. The molecule has 1 aliphatic rings. The second-order valence-electron chi connectivity index (χ2n) is 7.33. The third kappa shape index (κ3) is 5.83. The normalized spacial score (nSPS) is 17.4. The molecule has 4 heteroatoms. The first-order valence-electron chi connectivity index (χ1n) is 10.1. The number of urea groups is 1. The highest BCUT2D eigenvalue weighted by molar-refractivity contribution is 5.91. The number of nitrogens with one attached hydrogen (secondary N) is 1. The predicted octanol–water partition coefficient (Wildman–Crippen LogP) is 4.18. The van der Waals surface area contributed by atoms with Gasteiger partial charge in [0.15, 0.2) is 0 Å². The summed E-state index contributed by atoms with van der Waals surface area (Å²) in [6.45, 7) is 6.71. The number of anilines is 1. The fraction of sp³-hybridized carbons (Fsp3) is 0.435. The monoisotopic (exact) mass is 365 g/mol. The minimum absolute atomic E-state index is 0.00473. The molecule has 1 aliphatic heterocycles. The van der Waals surface area contributed by atoms with Crippen LogP contribution in [0.3, 0.4) is 0 Å². The summed E-state index contributed by atoms with van der Waals surface area (Å²) < 4.78 is 0. The number of benzene rings is 2. The van der Waals surface area contributed by atoms with E-state index in [0.29, 0.717) is 12.5 Å². The maximum absolute atomic E-state index is 12.6. The van der Waals surface area contributed by atoms with Crippen LogP contribution in [0, 0.1) is 5.92 Å². The molecule has 4 nitrogen and oxygen atoms in total. The van der Waals surface area contributed by atoms with Gasteiger partial charge in [-0.05, 0) is 56.3 Å². The molecule has 1 saturated heterocycles. The Labute approximate surface area is 163 Å². The van der Waals surface area contributed by atoms with Crippen molar-refractivity contribution in [3.8, 4) is 0 Å². The van der Waals surface area contributed by atoms with Crippen molar-refractivity contribution < 1.29 is 4.79 Å². The Hall–Kier alpha value is -2.33. The molecule has 0 spiro atoms. The van der Waals surface area contributed by atoms with E-state index in [9.17, 15) is 4.79 Å². The van der Waals surface area contributed by atoms with Gasteiger partial charge in [0, 0.05) is 31.9 Å². The molecule has 0 aliphatic carbocycles. The number of hydrogen-bond acceptors (Lipinski definition) is 2. The summed E-state index contributed by atoms with van der Waals surface area (Å²) in [5.41, 5.74) is 2.37. The van der Waals surface area contributed by atoms with Crippen molar-refractivity contribution in [1.29, 1.82) is 0 Å². The van der Waals surface area contributed by atoms with Crippen molar-refractivity contribution in [2.45, 2.75) is 26.2 Å². The third-order valence-electron chi connectivity index (χ3n) is 5.24. The molecule has 2 amide bonds. The Morgan fingerprint density at radius 1 is 1.11 bits per heavy atom. The van der Waals surface area contributed by atoms with Crippen molar-refractivity contribution in [1.82, 2.24) is 10.2 Å². The predicted molar refractivity (Wildman–Crippen MR) is 112 cm³/mol. The van der Waals surface area contributed by atoms with Gasteiger partial charge in [0.05, 0.1) is 0 Å². The topological polar surface area (TPSA) is 35.6 Å². The highest BCUT2D eigenvalue weighted by atomic mass is 16.2. The van der Waals surface area contributed by atoms with E-state index in [2.05, 4.69) is 40.5 Å². The Morgan fingerprint density at radius 3 is 2.52 bits per heavy atom. The highest BCUT2D eigenvalue weighted by Gasteiger charge is 2.25. The van der Waals surface area contributed by atoms with E-state index < -0.39 is 0 Å². The SMILES string of the molecule is CCNC(=O)N(CC1CCCN(CCc2ccccc2)C1)c1ccccc1. The van der Waals surface area contributed by atoms with E-state index in [1.165, 1.54) is 18.4 Å². The molecule has 27 heavy (non-hydrogen) atoms. The summed E-state index contributed by atoms with van der Waals surface area (Å²) in [4.78, 5) is 17.1. The lowest BCUT2D eigenvalue weighted by molar-refractivity contribution is 0.178. The van der Waals surface area contributed by atoms with Gasteiger partial charge in [-0.15, -0.1) is 0 Å². The number of para-hydroxylation sites is 1. The largest absolute Gasteiger partial charge is 0.338 e. The van der Waals surface area contributed by atoms with Crippen LogP contribution in [0.4, 0.5) is 10.5 Å². The quantitative estimate of drug-likeness (QED) is 0.799. The van der Waals surface area contributed by atoms with Crippen LogP contribution in [0.2, 0.25) is 0 Å². The van der Waals surface area contributed by atoms with Crippen LogP contribution in [0.15, 0.2) is 60.7 Å². The second-order valence-corrected chi connectivity index (χ2v) is 7.33. The van der Waals surface area contributed by atoms with Gasteiger partial charge in [-0.25, -0.2) is 4.79 Å². The first-order chi connectivity index (χ1) is 13.3. The number of likely N-dealkylation sites (tertiary alicyclic amines) is 1. The van der Waals surface area contributed by atoms with Gasteiger partial charge in [-0.1, -0.05) is 48.5 Å². The average molecular weight is 366 g/mol. The Kier molecular flexibility index (Phi) is 7.28. The van der Waals surface area contributed by atoms with Crippen LogP contribution in [0.25, 0.3) is 0 Å². The molecule has 1 heterocycles. The summed E-state index contributed by atoms with van der Waals surface area (Å²) in [6, 6.07) is 20.7. The Balaban J connectivity index is 1.59. The molecule has 1 fully saturated rings. The molecule has 0 bridgehead atoms. The average Bonchev–Trinajstić information content (AvgIpc) is 2.72. The van der Waals surface area contributed by atoms with E-state index in [0.717, 1.165) is 38.3 Å². The van der Waals surface area contributed by atoms with Crippen LogP contribution in [0.5, 0.6) is 0 Å². The lowest BCUT2D eigenvalue weighted by Crippen LogP contribution is -2.46. The minimum atomic E-state index is 0.00473. The number of hydrogen-bond donors (Lipinski definition) is 1. The van der Waals surface area contributed by atoms with Gasteiger partial charge in [-0.2, -0.15) is 0 Å². The Morgan fingerprint density at radius 2 is 1.81 bits per heavy atom. The van der Waals surface area contributed by atoms with E-state index in [4.69, 9.17) is 0 Å². The number of amides is 2. The van der Waals surface area contributed by atoms with E-state index in [-0.39, 0.29) is 6.03 Å². The summed E-state index contributed by atoms with van der Waals surface area (Å²) in [6.07, 6.45) is 3.48. The molecule has 1 N–H and O–H groups in total. The number of piperidine rings is 1. The summed E-state index contributed by atoms with van der Waals surface area (Å²) in [5.74, 6) is 0.511. The molecule has 3 rings (SSSR count). The lowest BCUT2D eigenvalue weighted by Gasteiger charge is -2.35. The van der Waals surface area contributed by atoms with E-state index in [1.807, 2.05) is 42.2 Å². The maximum atomic E-state index is 12.6. The fourth-order valence-electron chi connectivity index (χ4n) is 3.85. The van der Waals surface area contributed by atoms with Crippen LogP contribution in [0.1, 0.15) is 25.3 Å². The van der Waals surface area contributed by atoms with Crippen molar-refractivity contribution in [3.63, 3.8) is 0 Å². The molecule has 0 saturated carbocycles. The molecule has 2 aromatic carbocycles. The zero-order chi connectivity index (χ0) is 18.9. The minimum Gasteiger partial charge on any atom is -0.338 e. The van der Waals surface area contributed by atoms with Crippen LogP contribution >= 0.6 is 0 Å². The van der Waals surface area contributed by atoms with Crippen LogP contribution in [-0.2, 0) is 6.42 Å². The van der Waals surface area contributed by atoms with Crippen LogP contribution in [-0.4, -0.2) is 43.7 Å². The van der Waals surface area contributed by atoms with Gasteiger partial charge in [0.1, 0.15) is 0 Å². The van der Waals surface area contributed by atoms with Gasteiger partial charge >= 0.3 is 6.03 Å². The van der Waals surface area contributed by atoms with Crippen molar-refractivity contribution in [2.75, 3.05) is 37.6 Å². The molecule has 144 valence electrons. The highest BCUT2D eigenvalue weighted by Crippen LogP contribution is 2.22. The first-order valence-corrected chi connectivity index (χ1v) is 10.1. The van der Waals surface area contributed by atoms with Crippen molar-refractivity contribution in [3.05, 3.63) is 66.2 Å². The lowest BCUT2D eigenvalue weighted by atomic mass is 9.96. The molecular weight excluding hydrogens is 334 g/mol. The summed E-state index contributed by atoms with van der Waals surface area (Å²) >= 11 is 0. The molecule has 0 aromatic heterocycles. The number of carbonyl (C=O) groups excluding carboxylic acids is 1. The first kappa shape index (κ1) is 19.4. The standard InChI is InChI=1S/C23H31N3O/c1-2-24-23(27)26(22-13-7-4-8-14-22)19-21-12-9-16-25(18-21)17-15-20-10-5-3-6-11-20/h3-8,10-11,13-14,21H,2,9,12,15-19H2,1H3,(H,24,27). The van der Waals surface area contributed by atoms with E-state index >= 15 is 0 Å². The second kappa shape index (κ2) is 10.1. The zero-order valence-corrected chi connectivity index (χ0v) is 16.3. The number of rotatable bonds is 7. The summed E-state index contributed by atoms with van der Waals surface area (Å²) in [5, 5.41) is 2.96. The van der Waals surface area contributed by atoms with Gasteiger partial charge in [0.25, 0.3) is 0 Å². The van der Waals surface area contributed by atoms with Gasteiger partial charge in [0.2, 0.25) is 0 Å². The molecule has 1 unspecified atom stereocenters. The maximum Gasteiger partial charge on any atom is 0.321 e. The molecule has 1 atom stereocenters. The molecular formula is C23H31N3O. The van der Waals surface area contributed by atoms with Gasteiger partial charge in [-0.3, -0.25) is 4.90 Å². The smallest absolute Gasteiger partial charge is 0.321 e. The van der Waals surface area contributed by atoms with Gasteiger partial charge < -0.3 is 10.2 Å². The number of carbonyl (C=O) groups is 1. The van der Waals surface area contributed by atoms with Crippen molar-refractivity contribution >= 4 is 11.7 Å². The fourth-order valence-corrected chi connectivity index (χ4v) is 3.85. The number of nitrogens with zero attached hydrogens (tertiary/aromatic N) is 2. The summed E-state index contributed by atoms with van der Waals surface area (Å²) in [7, 11) is 0.